The topological polar surface area (TPSA) is 31.5 Å². The highest BCUT2D eigenvalue weighted by Crippen LogP contribution is 2.27. The van der Waals surface area contributed by atoms with Gasteiger partial charge in [-0.1, -0.05) is 0 Å². The van der Waals surface area contributed by atoms with Gasteiger partial charge in [0.2, 0.25) is 0 Å². The summed E-state index contributed by atoms with van der Waals surface area (Å²) in [5.74, 6) is 0. The summed E-state index contributed by atoms with van der Waals surface area (Å²) in [7, 11) is 1.73. The van der Waals surface area contributed by atoms with Gasteiger partial charge in [-0.05, 0) is 48.0 Å². The van der Waals surface area contributed by atoms with Gasteiger partial charge in [-0.25, -0.2) is 4.98 Å². The molecule has 0 bridgehead atoms. The van der Waals surface area contributed by atoms with E-state index in [2.05, 4.69) is 46.6 Å². The number of nitrogens with zero attached hydrogens (tertiary/aromatic N) is 3. The summed E-state index contributed by atoms with van der Waals surface area (Å²) in [6.45, 7) is 5.84. The monoisotopic (exact) mass is 347 g/mol. The summed E-state index contributed by atoms with van der Waals surface area (Å²) in [4.78, 5) is 4.72. The molecule has 0 spiro atoms. The molecule has 5 heteroatoms. The number of aryl methyl sites for hydroxylation is 1. The number of imidazole rings is 1. The molecule has 21 heavy (non-hydrogen) atoms. The Hall–Kier alpha value is -1.59. The highest BCUT2D eigenvalue weighted by molar-refractivity contribution is 9.10. The van der Waals surface area contributed by atoms with Crippen LogP contribution in [0.5, 0.6) is 0 Å². The molecule has 4 nitrogen and oxygen atoms in total. The molecule has 0 aliphatic carbocycles. The Labute approximate surface area is 132 Å². The third-order valence-electron chi connectivity index (χ3n) is 3.78. The lowest BCUT2D eigenvalue weighted by atomic mass is 10.2. The van der Waals surface area contributed by atoms with Gasteiger partial charge < -0.3 is 13.7 Å². The molecule has 0 amide bonds. The number of hydrogen-bond donors (Lipinski definition) is 0. The summed E-state index contributed by atoms with van der Waals surface area (Å²) < 4.78 is 10.6. The van der Waals surface area contributed by atoms with E-state index in [1.807, 2.05) is 22.7 Å². The number of halogens is 1. The Kier molecular flexibility index (Phi) is 3.87. The molecule has 3 heterocycles. The zero-order valence-electron chi connectivity index (χ0n) is 12.4. The number of fused-ring (bicyclic) bond motifs is 1. The zero-order chi connectivity index (χ0) is 15.0. The molecule has 0 aliphatic rings. The highest BCUT2D eigenvalue weighted by atomic mass is 79.9. The second-order valence-electron chi connectivity index (χ2n) is 5.17. The van der Waals surface area contributed by atoms with Crippen molar-refractivity contribution in [2.24, 2.45) is 0 Å². The fraction of sp³-hybridized carbons (Fsp3) is 0.312. The smallest absolute Gasteiger partial charge is 0.137 e. The Morgan fingerprint density at radius 2 is 2.05 bits per heavy atom. The van der Waals surface area contributed by atoms with Gasteiger partial charge in [0.25, 0.3) is 0 Å². The van der Waals surface area contributed by atoms with Gasteiger partial charge in [-0.15, -0.1) is 0 Å². The molecule has 0 unspecified atom stereocenters. The van der Waals surface area contributed by atoms with Crippen molar-refractivity contribution in [3.8, 4) is 11.3 Å². The molecule has 3 aromatic rings. The number of hydrogen-bond acceptors (Lipinski definition) is 2. The summed E-state index contributed by atoms with van der Waals surface area (Å²) in [6, 6.07) is 6.22. The van der Waals surface area contributed by atoms with E-state index < -0.39 is 0 Å². The molecule has 0 radical (unpaired) electrons. The average Bonchev–Trinajstić information content (AvgIpc) is 2.98. The minimum absolute atomic E-state index is 0.716. The van der Waals surface area contributed by atoms with Crippen molar-refractivity contribution in [2.45, 2.75) is 20.4 Å². The number of ether oxygens (including phenoxy) is 1. The molecule has 0 saturated carbocycles. The van der Waals surface area contributed by atoms with Crippen molar-refractivity contribution >= 4 is 21.6 Å². The second-order valence-corrected chi connectivity index (χ2v) is 6.08. The molecular weight excluding hydrogens is 330 g/mol. The molecule has 0 aliphatic heterocycles. The van der Waals surface area contributed by atoms with Crippen molar-refractivity contribution in [1.29, 1.82) is 0 Å². The van der Waals surface area contributed by atoms with Crippen LogP contribution < -0.4 is 0 Å². The Morgan fingerprint density at radius 3 is 2.81 bits per heavy atom. The van der Waals surface area contributed by atoms with Crippen LogP contribution >= 0.6 is 15.9 Å². The van der Waals surface area contributed by atoms with Gasteiger partial charge in [-0.2, -0.15) is 0 Å². The number of rotatable bonds is 4. The van der Waals surface area contributed by atoms with Crippen LogP contribution in [0.15, 0.2) is 35.1 Å². The predicted molar refractivity (Wildman–Crippen MR) is 87.7 cm³/mol. The Balaban J connectivity index is 2.06. The van der Waals surface area contributed by atoms with E-state index in [9.17, 15) is 0 Å². The van der Waals surface area contributed by atoms with Gasteiger partial charge in [0.15, 0.2) is 0 Å². The van der Waals surface area contributed by atoms with E-state index in [1.54, 1.807) is 7.11 Å². The van der Waals surface area contributed by atoms with Crippen LogP contribution in [0, 0.1) is 13.8 Å². The lowest BCUT2D eigenvalue weighted by Gasteiger charge is -2.08. The fourth-order valence-electron chi connectivity index (χ4n) is 2.68. The first kappa shape index (κ1) is 14.4. The van der Waals surface area contributed by atoms with E-state index in [0.29, 0.717) is 6.61 Å². The minimum Gasteiger partial charge on any atom is -0.383 e. The van der Waals surface area contributed by atoms with Crippen LogP contribution in [0.25, 0.3) is 16.9 Å². The SMILES string of the molecule is COCCn1c(C)cc(-c2cn3cc(Br)ccc3n2)c1C. The summed E-state index contributed by atoms with van der Waals surface area (Å²) in [5.41, 5.74) is 5.60. The maximum atomic E-state index is 5.19. The van der Waals surface area contributed by atoms with E-state index in [4.69, 9.17) is 9.72 Å². The first-order chi connectivity index (χ1) is 10.1. The zero-order valence-corrected chi connectivity index (χ0v) is 14.0. The maximum Gasteiger partial charge on any atom is 0.137 e. The van der Waals surface area contributed by atoms with Gasteiger partial charge in [0, 0.05) is 47.5 Å². The Morgan fingerprint density at radius 1 is 1.24 bits per heavy atom. The van der Waals surface area contributed by atoms with E-state index >= 15 is 0 Å². The average molecular weight is 348 g/mol. The maximum absolute atomic E-state index is 5.19. The first-order valence-electron chi connectivity index (χ1n) is 6.90. The van der Waals surface area contributed by atoms with Gasteiger partial charge in [0.05, 0.1) is 12.3 Å². The highest BCUT2D eigenvalue weighted by Gasteiger charge is 2.13. The lowest BCUT2D eigenvalue weighted by Crippen LogP contribution is -2.07. The van der Waals surface area contributed by atoms with Crippen LogP contribution in [-0.4, -0.2) is 27.7 Å². The Bertz CT molecular complexity index is 788. The van der Waals surface area contributed by atoms with Crippen molar-refractivity contribution in [3.05, 3.63) is 46.5 Å². The molecule has 3 aromatic heterocycles. The van der Waals surface area contributed by atoms with Gasteiger partial charge in [0.1, 0.15) is 5.65 Å². The molecule has 0 aromatic carbocycles. The third kappa shape index (κ3) is 2.63. The number of aromatic nitrogens is 3. The summed E-state index contributed by atoms with van der Waals surface area (Å²) in [6.07, 6.45) is 4.10. The third-order valence-corrected chi connectivity index (χ3v) is 4.25. The van der Waals surface area contributed by atoms with Crippen LogP contribution in [0.4, 0.5) is 0 Å². The van der Waals surface area contributed by atoms with Crippen molar-refractivity contribution in [2.75, 3.05) is 13.7 Å². The predicted octanol–water partition coefficient (Wildman–Crippen LogP) is 3.83. The summed E-state index contributed by atoms with van der Waals surface area (Å²) >= 11 is 3.49. The number of pyridine rings is 1. The lowest BCUT2D eigenvalue weighted by molar-refractivity contribution is 0.186. The van der Waals surface area contributed by atoms with Crippen LogP contribution in [-0.2, 0) is 11.3 Å². The molecule has 0 fully saturated rings. The molecule has 110 valence electrons. The fourth-order valence-corrected chi connectivity index (χ4v) is 3.03. The van der Waals surface area contributed by atoms with Crippen molar-refractivity contribution in [3.63, 3.8) is 0 Å². The van der Waals surface area contributed by atoms with Gasteiger partial charge in [-0.3, -0.25) is 0 Å². The molecule has 0 N–H and O–H groups in total. The van der Waals surface area contributed by atoms with Gasteiger partial charge >= 0.3 is 0 Å². The molecular formula is C16H18BrN3O. The van der Waals surface area contributed by atoms with E-state index in [-0.39, 0.29) is 0 Å². The molecule has 0 saturated heterocycles. The van der Waals surface area contributed by atoms with E-state index in [1.165, 1.54) is 17.0 Å². The van der Waals surface area contributed by atoms with Crippen LogP contribution in [0.1, 0.15) is 11.4 Å². The molecule has 0 atom stereocenters. The minimum atomic E-state index is 0.716. The molecule has 3 rings (SSSR count). The summed E-state index contributed by atoms with van der Waals surface area (Å²) in [5, 5.41) is 0. The quantitative estimate of drug-likeness (QED) is 0.718. The van der Waals surface area contributed by atoms with Crippen LogP contribution in [0.2, 0.25) is 0 Å². The second kappa shape index (κ2) is 5.66. The normalized spacial score (nSPS) is 11.4. The first-order valence-corrected chi connectivity index (χ1v) is 7.69. The van der Waals surface area contributed by atoms with E-state index in [0.717, 1.165) is 22.4 Å². The van der Waals surface area contributed by atoms with Crippen molar-refractivity contribution in [1.82, 2.24) is 14.0 Å². The largest absolute Gasteiger partial charge is 0.383 e. The standard InChI is InChI=1S/C16H18BrN3O/c1-11-8-14(12(2)20(11)6-7-21-3)15-10-19-9-13(17)4-5-16(19)18-15/h4-5,8-10H,6-7H2,1-3H3. The van der Waals surface area contributed by atoms with Crippen molar-refractivity contribution < 1.29 is 4.74 Å². The number of methoxy groups -OCH3 is 1. The van der Waals surface area contributed by atoms with Crippen LogP contribution in [0.3, 0.4) is 0 Å².